The van der Waals surface area contributed by atoms with Crippen molar-refractivity contribution in [3.63, 3.8) is 0 Å². The molecule has 2 aromatic heterocycles. The summed E-state index contributed by atoms with van der Waals surface area (Å²) in [6.07, 6.45) is 2.68. The number of aromatic amines is 1. The van der Waals surface area contributed by atoms with Crippen LogP contribution in [-0.4, -0.2) is 21.9 Å². The van der Waals surface area contributed by atoms with E-state index in [1.54, 1.807) is 31.2 Å². The van der Waals surface area contributed by atoms with Gasteiger partial charge in [-0.2, -0.15) is 5.26 Å². The summed E-state index contributed by atoms with van der Waals surface area (Å²) in [4.78, 5) is 36.0. The van der Waals surface area contributed by atoms with Crippen molar-refractivity contribution in [2.24, 2.45) is 0 Å². The van der Waals surface area contributed by atoms with Gasteiger partial charge in [0, 0.05) is 24.8 Å². The van der Waals surface area contributed by atoms with Gasteiger partial charge in [-0.3, -0.25) is 25.0 Å². The van der Waals surface area contributed by atoms with Crippen molar-refractivity contribution < 1.29 is 19.0 Å². The molecule has 0 aliphatic heterocycles. The second-order valence-corrected chi connectivity index (χ2v) is 6.66. The summed E-state index contributed by atoms with van der Waals surface area (Å²) >= 11 is 0. The van der Waals surface area contributed by atoms with Crippen LogP contribution in [0.15, 0.2) is 39.5 Å². The molecular formula is C21H16N4O7. The molecule has 3 aromatic rings. The van der Waals surface area contributed by atoms with E-state index in [-0.39, 0.29) is 23.6 Å². The molecule has 0 amide bonds. The second kappa shape index (κ2) is 9.07. The minimum atomic E-state index is -0.780. The molecular weight excluding hydrogens is 420 g/mol. The molecule has 0 fully saturated rings. The quantitative estimate of drug-likeness (QED) is 0.429. The highest BCUT2D eigenvalue weighted by Gasteiger charge is 2.25. The van der Waals surface area contributed by atoms with E-state index in [1.165, 1.54) is 31.4 Å². The monoisotopic (exact) mass is 436 g/mol. The lowest BCUT2D eigenvalue weighted by molar-refractivity contribution is -0.386. The molecule has 11 nitrogen and oxygen atoms in total. The van der Waals surface area contributed by atoms with E-state index in [9.17, 15) is 30.3 Å². The fraction of sp³-hybridized carbons (Fsp3) is 0.143. The summed E-state index contributed by atoms with van der Waals surface area (Å²) in [7, 11) is 1.29. The molecule has 0 saturated heterocycles. The SMILES string of the molecule is COCc1c([N+](=O)[O-])c(/C=C/c2ccc(-c3cc([N+](=O)[O-])ccc3C)o2)[nH]c(=O)c1C#N. The predicted octanol–water partition coefficient (Wildman–Crippen LogP) is 3.95. The Morgan fingerprint density at radius 2 is 1.94 bits per heavy atom. The van der Waals surface area contributed by atoms with Crippen molar-refractivity contribution >= 4 is 23.5 Å². The Hall–Kier alpha value is -4.56. The third-order valence-electron chi connectivity index (χ3n) is 4.64. The number of nitro benzene ring substituents is 1. The second-order valence-electron chi connectivity index (χ2n) is 6.66. The van der Waals surface area contributed by atoms with E-state index in [1.807, 2.05) is 0 Å². The maximum absolute atomic E-state index is 12.2. The zero-order valence-electron chi connectivity index (χ0n) is 16.9. The lowest BCUT2D eigenvalue weighted by Gasteiger charge is -2.06. The Balaban J connectivity index is 2.04. The molecule has 2 heterocycles. The van der Waals surface area contributed by atoms with Crippen LogP contribution in [0.4, 0.5) is 11.4 Å². The summed E-state index contributed by atoms with van der Waals surface area (Å²) in [5, 5.41) is 31.9. The van der Waals surface area contributed by atoms with Crippen LogP contribution in [0.3, 0.4) is 0 Å². The highest BCUT2D eigenvalue weighted by molar-refractivity contribution is 5.74. The maximum atomic E-state index is 12.2. The van der Waals surface area contributed by atoms with Gasteiger partial charge in [-0.1, -0.05) is 6.07 Å². The van der Waals surface area contributed by atoms with Gasteiger partial charge in [-0.25, -0.2) is 0 Å². The zero-order chi connectivity index (χ0) is 23.4. The van der Waals surface area contributed by atoms with Crippen LogP contribution in [0.1, 0.15) is 28.1 Å². The van der Waals surface area contributed by atoms with Gasteiger partial charge in [-0.15, -0.1) is 0 Å². The fourth-order valence-electron chi connectivity index (χ4n) is 3.14. The highest BCUT2D eigenvalue weighted by atomic mass is 16.6. The van der Waals surface area contributed by atoms with Crippen LogP contribution >= 0.6 is 0 Å². The molecule has 1 aromatic carbocycles. The number of pyridine rings is 1. The molecule has 11 heteroatoms. The Labute approximate surface area is 180 Å². The largest absolute Gasteiger partial charge is 0.457 e. The van der Waals surface area contributed by atoms with Crippen molar-refractivity contribution in [3.05, 3.63) is 89.1 Å². The zero-order valence-corrected chi connectivity index (χ0v) is 16.9. The number of nitro groups is 2. The van der Waals surface area contributed by atoms with Crippen molar-refractivity contribution in [2.75, 3.05) is 7.11 Å². The number of ether oxygens (including phenoxy) is 1. The Morgan fingerprint density at radius 1 is 1.19 bits per heavy atom. The number of hydrogen-bond donors (Lipinski definition) is 1. The summed E-state index contributed by atoms with van der Waals surface area (Å²) < 4.78 is 10.6. The van der Waals surface area contributed by atoms with E-state index < -0.39 is 26.7 Å². The first-order valence-electron chi connectivity index (χ1n) is 9.12. The summed E-state index contributed by atoms with van der Waals surface area (Å²) in [5.41, 5.74) is -0.688. The molecule has 0 radical (unpaired) electrons. The first-order chi connectivity index (χ1) is 15.3. The number of H-pyrrole nitrogens is 1. The standard InChI is InChI=1S/C21H16N4O7/c1-12-3-4-13(24(27)28)9-15(12)19-8-6-14(32-19)5-7-18-20(25(29)30)17(11-31-2)16(10-22)21(26)23-18/h3-9H,11H2,1-2H3,(H,23,26)/b7-5+. The van der Waals surface area contributed by atoms with Crippen LogP contribution in [-0.2, 0) is 11.3 Å². The number of furan rings is 1. The molecule has 3 rings (SSSR count). The Kier molecular flexibility index (Phi) is 6.27. The summed E-state index contributed by atoms with van der Waals surface area (Å²) in [6, 6.07) is 9.24. The van der Waals surface area contributed by atoms with Gasteiger partial charge in [0.05, 0.1) is 22.0 Å². The minimum Gasteiger partial charge on any atom is -0.457 e. The normalized spacial score (nSPS) is 10.9. The molecule has 0 unspecified atom stereocenters. The average Bonchev–Trinajstić information content (AvgIpc) is 3.21. The molecule has 0 aliphatic carbocycles. The number of nitriles is 1. The molecule has 0 atom stereocenters. The minimum absolute atomic E-state index is 0.0875. The van der Waals surface area contributed by atoms with Crippen molar-refractivity contribution in [1.29, 1.82) is 5.26 Å². The van der Waals surface area contributed by atoms with Gasteiger partial charge in [0.25, 0.3) is 16.9 Å². The van der Waals surface area contributed by atoms with Crippen molar-refractivity contribution in [3.8, 4) is 17.4 Å². The number of aromatic nitrogens is 1. The molecule has 162 valence electrons. The topological polar surface area (TPSA) is 165 Å². The van der Waals surface area contributed by atoms with E-state index in [2.05, 4.69) is 4.98 Å². The average molecular weight is 436 g/mol. The molecule has 0 spiro atoms. The van der Waals surface area contributed by atoms with E-state index >= 15 is 0 Å². The summed E-state index contributed by atoms with van der Waals surface area (Å²) in [6.45, 7) is 1.49. The van der Waals surface area contributed by atoms with Gasteiger partial charge >= 0.3 is 0 Å². The molecule has 0 saturated carbocycles. The number of aryl methyl sites for hydroxylation is 1. The van der Waals surface area contributed by atoms with E-state index in [4.69, 9.17) is 9.15 Å². The number of hydrogen-bond acceptors (Lipinski definition) is 8. The van der Waals surface area contributed by atoms with Gasteiger partial charge in [0.1, 0.15) is 28.8 Å². The molecule has 32 heavy (non-hydrogen) atoms. The van der Waals surface area contributed by atoms with Crippen LogP contribution in [0.2, 0.25) is 0 Å². The van der Waals surface area contributed by atoms with Crippen LogP contribution in [0, 0.1) is 38.5 Å². The highest BCUT2D eigenvalue weighted by Crippen LogP contribution is 2.30. The summed E-state index contributed by atoms with van der Waals surface area (Å²) in [5.74, 6) is 0.660. The lowest BCUT2D eigenvalue weighted by atomic mass is 10.1. The molecule has 1 N–H and O–H groups in total. The van der Waals surface area contributed by atoms with E-state index in [0.29, 0.717) is 17.1 Å². The fourth-order valence-corrected chi connectivity index (χ4v) is 3.14. The van der Waals surface area contributed by atoms with Gasteiger partial charge in [0.15, 0.2) is 0 Å². The Morgan fingerprint density at radius 3 is 2.56 bits per heavy atom. The predicted molar refractivity (Wildman–Crippen MR) is 114 cm³/mol. The number of benzene rings is 1. The van der Waals surface area contributed by atoms with E-state index in [0.717, 1.165) is 5.56 Å². The number of non-ortho nitro benzene ring substituents is 1. The molecule has 0 aliphatic rings. The number of nitrogens with zero attached hydrogens (tertiary/aromatic N) is 3. The van der Waals surface area contributed by atoms with Gasteiger partial charge in [0.2, 0.25) is 0 Å². The number of nitrogens with one attached hydrogen (secondary N) is 1. The first kappa shape index (κ1) is 22.1. The molecule has 0 bridgehead atoms. The Bertz CT molecular complexity index is 1350. The third-order valence-corrected chi connectivity index (χ3v) is 4.64. The van der Waals surface area contributed by atoms with Gasteiger partial charge < -0.3 is 14.1 Å². The smallest absolute Gasteiger partial charge is 0.299 e. The third kappa shape index (κ3) is 4.30. The lowest BCUT2D eigenvalue weighted by Crippen LogP contribution is -2.18. The van der Waals surface area contributed by atoms with Crippen molar-refractivity contribution in [1.82, 2.24) is 4.98 Å². The van der Waals surface area contributed by atoms with Gasteiger partial charge in [-0.05, 0) is 36.8 Å². The number of methoxy groups -OCH3 is 1. The van der Waals surface area contributed by atoms with Crippen LogP contribution in [0.5, 0.6) is 0 Å². The van der Waals surface area contributed by atoms with Crippen LogP contribution < -0.4 is 5.56 Å². The maximum Gasteiger partial charge on any atom is 0.299 e. The van der Waals surface area contributed by atoms with Crippen LogP contribution in [0.25, 0.3) is 23.5 Å². The first-order valence-corrected chi connectivity index (χ1v) is 9.12. The number of rotatable bonds is 7. The van der Waals surface area contributed by atoms with Crippen molar-refractivity contribution in [2.45, 2.75) is 13.5 Å².